The van der Waals surface area contributed by atoms with Crippen LogP contribution < -0.4 is 11.2 Å². The standard InChI is InChI=1S/C20H18ClN3O4S/c1-19(2)24(27-17(25)16-11-12-5-3-4-6-15(12)29-16)20(18(22)26,23-28-19)13-7-9-14(21)10-8-13/h3-11,23H,1-2H3,(H2,22,26). The number of thiophene rings is 1. The number of hydrogen-bond donors (Lipinski definition) is 2. The zero-order valence-corrected chi connectivity index (χ0v) is 17.2. The van der Waals surface area contributed by atoms with E-state index in [-0.39, 0.29) is 0 Å². The minimum Gasteiger partial charge on any atom is -0.366 e. The van der Waals surface area contributed by atoms with Gasteiger partial charge in [0, 0.05) is 15.3 Å². The van der Waals surface area contributed by atoms with Crippen LogP contribution in [0.3, 0.4) is 0 Å². The molecule has 1 amide bonds. The number of benzene rings is 2. The summed E-state index contributed by atoms with van der Waals surface area (Å²) in [6.07, 6.45) is 0. The maximum absolute atomic E-state index is 12.9. The Balaban J connectivity index is 1.74. The lowest BCUT2D eigenvalue weighted by Crippen LogP contribution is -2.60. The van der Waals surface area contributed by atoms with Crippen LogP contribution in [0.15, 0.2) is 54.6 Å². The summed E-state index contributed by atoms with van der Waals surface area (Å²) in [6, 6.07) is 15.8. The monoisotopic (exact) mass is 431 g/mol. The number of halogens is 1. The lowest BCUT2D eigenvalue weighted by Gasteiger charge is -2.36. The van der Waals surface area contributed by atoms with Crippen LogP contribution in [-0.2, 0) is 20.1 Å². The fourth-order valence-corrected chi connectivity index (χ4v) is 4.30. The fourth-order valence-electron chi connectivity index (χ4n) is 3.23. The number of nitrogens with two attached hydrogens (primary N) is 1. The van der Waals surface area contributed by atoms with Gasteiger partial charge in [-0.15, -0.1) is 11.3 Å². The Labute approximate surface area is 175 Å². The highest BCUT2D eigenvalue weighted by molar-refractivity contribution is 7.20. The van der Waals surface area contributed by atoms with Gasteiger partial charge >= 0.3 is 5.97 Å². The van der Waals surface area contributed by atoms with E-state index in [1.165, 1.54) is 11.3 Å². The van der Waals surface area contributed by atoms with Gasteiger partial charge in [-0.1, -0.05) is 47.0 Å². The molecule has 150 valence electrons. The summed E-state index contributed by atoms with van der Waals surface area (Å²) in [5, 5.41) is 2.57. The molecule has 7 nitrogen and oxygen atoms in total. The summed E-state index contributed by atoms with van der Waals surface area (Å²) in [6.45, 7) is 3.30. The van der Waals surface area contributed by atoms with E-state index < -0.39 is 23.3 Å². The number of carbonyl (C=O) groups excluding carboxylic acids is 2. The van der Waals surface area contributed by atoms with E-state index in [4.69, 9.17) is 27.0 Å². The van der Waals surface area contributed by atoms with Gasteiger partial charge in [-0.25, -0.2) is 4.79 Å². The number of carbonyl (C=O) groups is 2. The molecule has 0 aliphatic carbocycles. The fraction of sp³-hybridized carbons (Fsp3) is 0.200. The summed E-state index contributed by atoms with van der Waals surface area (Å²) < 4.78 is 0.952. The molecule has 0 radical (unpaired) electrons. The first-order valence-corrected chi connectivity index (χ1v) is 9.96. The highest BCUT2D eigenvalue weighted by atomic mass is 35.5. The average Bonchev–Trinajstić information content (AvgIpc) is 3.23. The molecular formula is C20H18ClN3O4S. The van der Waals surface area contributed by atoms with Crippen molar-refractivity contribution in [3.8, 4) is 0 Å². The lowest BCUT2D eigenvalue weighted by atomic mass is 9.98. The first kappa shape index (κ1) is 19.8. The van der Waals surface area contributed by atoms with Crippen molar-refractivity contribution < 1.29 is 19.3 Å². The number of nitrogens with one attached hydrogen (secondary N) is 1. The zero-order valence-electron chi connectivity index (χ0n) is 15.6. The smallest absolute Gasteiger partial charge is 0.366 e. The molecule has 0 saturated carbocycles. The Morgan fingerprint density at radius 3 is 2.52 bits per heavy atom. The molecule has 1 aliphatic heterocycles. The predicted octanol–water partition coefficient (Wildman–Crippen LogP) is 3.54. The first-order valence-electron chi connectivity index (χ1n) is 8.76. The Morgan fingerprint density at radius 2 is 1.86 bits per heavy atom. The highest BCUT2D eigenvalue weighted by Gasteiger charge is 2.60. The lowest BCUT2D eigenvalue weighted by molar-refractivity contribution is -0.238. The number of hydrogen-bond acceptors (Lipinski definition) is 7. The molecule has 1 saturated heterocycles. The number of amides is 1. The summed E-state index contributed by atoms with van der Waals surface area (Å²) >= 11 is 7.27. The molecule has 1 fully saturated rings. The van der Waals surface area contributed by atoms with Crippen molar-refractivity contribution in [2.24, 2.45) is 5.73 Å². The van der Waals surface area contributed by atoms with Crippen LogP contribution in [0.5, 0.6) is 0 Å². The van der Waals surface area contributed by atoms with Crippen molar-refractivity contribution in [1.82, 2.24) is 10.5 Å². The summed E-state index contributed by atoms with van der Waals surface area (Å²) in [5.41, 5.74) is 5.93. The quantitative estimate of drug-likeness (QED) is 0.656. The SMILES string of the molecule is CC1(C)ONC(C(N)=O)(c2ccc(Cl)cc2)N1OC(=O)c1cc2ccccc2s1. The van der Waals surface area contributed by atoms with E-state index in [1.807, 2.05) is 24.3 Å². The Kier molecular flexibility index (Phi) is 4.84. The van der Waals surface area contributed by atoms with Crippen LogP contribution in [0.2, 0.25) is 5.02 Å². The Bertz CT molecular complexity index is 1070. The van der Waals surface area contributed by atoms with Gasteiger partial charge in [0.05, 0.1) is 0 Å². The van der Waals surface area contributed by atoms with E-state index in [2.05, 4.69) is 5.48 Å². The molecule has 0 spiro atoms. The number of rotatable bonds is 4. The molecule has 29 heavy (non-hydrogen) atoms. The number of fused-ring (bicyclic) bond motifs is 1. The molecular weight excluding hydrogens is 414 g/mol. The van der Waals surface area contributed by atoms with Gasteiger partial charge in [0.25, 0.3) is 5.91 Å². The molecule has 4 rings (SSSR count). The third-order valence-electron chi connectivity index (χ3n) is 4.66. The van der Waals surface area contributed by atoms with Crippen LogP contribution in [0, 0.1) is 0 Å². The maximum atomic E-state index is 12.9. The van der Waals surface area contributed by atoms with Crippen LogP contribution in [0.4, 0.5) is 0 Å². The van der Waals surface area contributed by atoms with E-state index in [1.54, 1.807) is 44.2 Å². The molecule has 9 heteroatoms. The van der Waals surface area contributed by atoms with Gasteiger partial charge in [0.2, 0.25) is 5.66 Å². The Hall–Kier alpha value is -2.49. The third kappa shape index (κ3) is 3.29. The zero-order chi connectivity index (χ0) is 20.8. The van der Waals surface area contributed by atoms with Crippen molar-refractivity contribution in [3.05, 3.63) is 70.1 Å². The van der Waals surface area contributed by atoms with E-state index in [0.717, 1.165) is 15.1 Å². The van der Waals surface area contributed by atoms with Gasteiger partial charge in [-0.3, -0.25) is 9.63 Å². The van der Waals surface area contributed by atoms with Crippen molar-refractivity contribution in [1.29, 1.82) is 0 Å². The second-order valence-corrected chi connectivity index (χ2v) is 8.57. The summed E-state index contributed by atoms with van der Waals surface area (Å²) in [7, 11) is 0. The second-order valence-electron chi connectivity index (χ2n) is 7.05. The average molecular weight is 432 g/mol. The van der Waals surface area contributed by atoms with Crippen molar-refractivity contribution >= 4 is 44.9 Å². The molecule has 2 aromatic carbocycles. The van der Waals surface area contributed by atoms with Gasteiger partial charge < -0.3 is 10.6 Å². The van der Waals surface area contributed by atoms with Crippen LogP contribution in [0.25, 0.3) is 10.1 Å². The highest BCUT2D eigenvalue weighted by Crippen LogP contribution is 2.40. The molecule has 1 aliphatic rings. The topological polar surface area (TPSA) is 93.9 Å². The summed E-state index contributed by atoms with van der Waals surface area (Å²) in [5.74, 6) is -1.42. The van der Waals surface area contributed by atoms with Crippen LogP contribution in [-0.4, -0.2) is 22.7 Å². The summed E-state index contributed by atoms with van der Waals surface area (Å²) in [4.78, 5) is 37.2. The molecule has 3 N–H and O–H groups in total. The van der Waals surface area contributed by atoms with Gasteiger partial charge in [-0.05, 0) is 43.5 Å². The molecule has 3 aromatic rings. The predicted molar refractivity (Wildman–Crippen MR) is 110 cm³/mol. The van der Waals surface area contributed by atoms with E-state index >= 15 is 0 Å². The normalized spacial score (nSPS) is 21.3. The largest absolute Gasteiger partial charge is 0.367 e. The Morgan fingerprint density at radius 1 is 1.17 bits per heavy atom. The van der Waals surface area contributed by atoms with Crippen molar-refractivity contribution in [3.63, 3.8) is 0 Å². The number of primary amides is 1. The molecule has 1 atom stereocenters. The maximum Gasteiger partial charge on any atom is 0.367 e. The van der Waals surface area contributed by atoms with Gasteiger partial charge in [-0.2, -0.15) is 5.48 Å². The number of nitrogens with zero attached hydrogens (tertiary/aromatic N) is 1. The van der Waals surface area contributed by atoms with Gasteiger partial charge in [0.15, 0.2) is 5.72 Å². The minimum atomic E-state index is -1.72. The van der Waals surface area contributed by atoms with Gasteiger partial charge in [0.1, 0.15) is 4.88 Å². The molecule has 0 bridgehead atoms. The molecule has 1 aromatic heterocycles. The molecule has 2 heterocycles. The van der Waals surface area contributed by atoms with Crippen LogP contribution >= 0.6 is 22.9 Å². The van der Waals surface area contributed by atoms with Crippen molar-refractivity contribution in [2.75, 3.05) is 0 Å². The minimum absolute atomic E-state index is 0.392. The van der Waals surface area contributed by atoms with Crippen LogP contribution in [0.1, 0.15) is 29.1 Å². The van der Waals surface area contributed by atoms with E-state index in [0.29, 0.717) is 15.5 Å². The number of hydroxylamine groups is 3. The second kappa shape index (κ2) is 7.08. The molecule has 1 unspecified atom stereocenters. The van der Waals surface area contributed by atoms with Crippen molar-refractivity contribution in [2.45, 2.75) is 25.2 Å². The third-order valence-corrected chi connectivity index (χ3v) is 6.01. The first-order chi connectivity index (χ1) is 13.7. The van der Waals surface area contributed by atoms with E-state index in [9.17, 15) is 9.59 Å².